The minimum absolute atomic E-state index is 0.123. The lowest BCUT2D eigenvalue weighted by Gasteiger charge is -2.21. The van der Waals surface area contributed by atoms with Gasteiger partial charge < -0.3 is 4.79 Å². The Bertz CT molecular complexity index is 365. The molecular formula is C13H14O. The van der Waals surface area contributed by atoms with E-state index in [0.717, 1.165) is 31.1 Å². The third kappa shape index (κ3) is 1.50. The van der Waals surface area contributed by atoms with Gasteiger partial charge in [0.25, 0.3) is 0 Å². The molecule has 72 valence electrons. The largest absolute Gasteiger partial charge is 0.303 e. The summed E-state index contributed by atoms with van der Waals surface area (Å²) in [4.78, 5) is 10.9. The number of benzene rings is 1. The molecule has 1 unspecified atom stereocenters. The first-order chi connectivity index (χ1) is 6.85. The van der Waals surface area contributed by atoms with E-state index in [1.165, 1.54) is 11.1 Å². The minimum atomic E-state index is 0.123. The molecule has 0 aliphatic heterocycles. The highest BCUT2D eigenvalue weighted by Gasteiger charge is 2.18. The molecule has 0 N–H and O–H groups in total. The molecule has 1 aliphatic rings. The van der Waals surface area contributed by atoms with Crippen LogP contribution in [0.4, 0.5) is 0 Å². The summed E-state index contributed by atoms with van der Waals surface area (Å²) in [6.07, 6.45) is 6.15. The van der Waals surface area contributed by atoms with Gasteiger partial charge in [0.05, 0.1) is 0 Å². The molecule has 0 heterocycles. The summed E-state index contributed by atoms with van der Waals surface area (Å²) in [5.41, 5.74) is 3.69. The molecule has 0 aromatic heterocycles. The molecule has 0 bridgehead atoms. The molecule has 0 spiro atoms. The maximum Gasteiger partial charge on any atom is 0.127 e. The van der Waals surface area contributed by atoms with E-state index in [4.69, 9.17) is 0 Å². The van der Waals surface area contributed by atoms with Crippen LogP contribution in [-0.4, -0.2) is 6.29 Å². The molecule has 1 aliphatic carbocycles. The summed E-state index contributed by atoms with van der Waals surface area (Å²) in [5, 5.41) is 0. The Labute approximate surface area is 84.5 Å². The molecule has 0 radical (unpaired) electrons. The van der Waals surface area contributed by atoms with E-state index in [9.17, 15) is 4.79 Å². The van der Waals surface area contributed by atoms with Crippen molar-refractivity contribution in [3.05, 3.63) is 41.5 Å². The molecule has 1 atom stereocenters. The van der Waals surface area contributed by atoms with Crippen LogP contribution in [0.5, 0.6) is 0 Å². The summed E-state index contributed by atoms with van der Waals surface area (Å²) >= 11 is 0. The van der Waals surface area contributed by atoms with E-state index in [-0.39, 0.29) is 5.92 Å². The Morgan fingerprint density at radius 2 is 2.29 bits per heavy atom. The smallest absolute Gasteiger partial charge is 0.127 e. The molecule has 1 heteroatoms. The maximum absolute atomic E-state index is 10.9. The fourth-order valence-electron chi connectivity index (χ4n) is 2.14. The van der Waals surface area contributed by atoms with Crippen molar-refractivity contribution in [2.75, 3.05) is 0 Å². The Morgan fingerprint density at radius 3 is 3.00 bits per heavy atom. The Kier molecular flexibility index (Phi) is 2.49. The highest BCUT2D eigenvalue weighted by atomic mass is 16.1. The zero-order valence-electron chi connectivity index (χ0n) is 8.20. The summed E-state index contributed by atoms with van der Waals surface area (Å²) < 4.78 is 0. The molecule has 2 rings (SSSR count). The first kappa shape index (κ1) is 9.20. The van der Waals surface area contributed by atoms with E-state index in [1.54, 1.807) is 0 Å². The van der Waals surface area contributed by atoms with Gasteiger partial charge in [-0.3, -0.25) is 0 Å². The van der Waals surface area contributed by atoms with Gasteiger partial charge in [0.15, 0.2) is 0 Å². The standard InChI is InChI=1S/C13H14O/c1-2-10-6-7-13-11(8-10)4-3-5-12(13)9-14/h2,6-9,12H,1,3-5H2. The van der Waals surface area contributed by atoms with E-state index in [2.05, 4.69) is 18.7 Å². The molecule has 1 nitrogen and oxygen atoms in total. The third-order valence-electron chi connectivity index (χ3n) is 2.93. The van der Waals surface area contributed by atoms with Crippen molar-refractivity contribution >= 4 is 12.4 Å². The number of aryl methyl sites for hydroxylation is 1. The Morgan fingerprint density at radius 1 is 1.43 bits per heavy atom. The SMILES string of the molecule is C=Cc1ccc2c(c1)CCCC2C=O. The molecule has 1 aromatic rings. The number of carbonyl (C=O) groups excluding carboxylic acids is 1. The van der Waals surface area contributed by atoms with Crippen LogP contribution in [0.15, 0.2) is 24.8 Å². The van der Waals surface area contributed by atoms with Crippen LogP contribution >= 0.6 is 0 Å². The van der Waals surface area contributed by atoms with Crippen LogP contribution in [0.2, 0.25) is 0 Å². The summed E-state index contributed by atoms with van der Waals surface area (Å²) in [5.74, 6) is 0.123. The first-order valence-corrected chi connectivity index (χ1v) is 5.05. The van der Waals surface area contributed by atoms with Crippen molar-refractivity contribution < 1.29 is 4.79 Å². The lowest BCUT2D eigenvalue weighted by atomic mass is 9.83. The van der Waals surface area contributed by atoms with Crippen LogP contribution in [0, 0.1) is 0 Å². The predicted molar refractivity (Wildman–Crippen MR) is 58.3 cm³/mol. The van der Waals surface area contributed by atoms with Crippen LogP contribution in [0.1, 0.15) is 35.4 Å². The number of hydrogen-bond acceptors (Lipinski definition) is 1. The monoisotopic (exact) mass is 186 g/mol. The molecule has 0 amide bonds. The van der Waals surface area contributed by atoms with Crippen LogP contribution in [-0.2, 0) is 11.2 Å². The fraction of sp³-hybridized carbons (Fsp3) is 0.308. The number of carbonyl (C=O) groups is 1. The second-order valence-corrected chi connectivity index (χ2v) is 3.80. The van der Waals surface area contributed by atoms with E-state index in [0.29, 0.717) is 0 Å². The molecule has 0 fully saturated rings. The number of rotatable bonds is 2. The van der Waals surface area contributed by atoms with Gasteiger partial charge in [-0.05, 0) is 36.0 Å². The molecule has 0 saturated carbocycles. The first-order valence-electron chi connectivity index (χ1n) is 5.05. The van der Waals surface area contributed by atoms with Gasteiger partial charge in [0, 0.05) is 5.92 Å². The van der Waals surface area contributed by atoms with Gasteiger partial charge in [-0.25, -0.2) is 0 Å². The number of hydrogen-bond donors (Lipinski definition) is 0. The average molecular weight is 186 g/mol. The van der Waals surface area contributed by atoms with Gasteiger partial charge in [0.2, 0.25) is 0 Å². The second kappa shape index (κ2) is 3.79. The summed E-state index contributed by atoms with van der Waals surface area (Å²) in [6.45, 7) is 3.75. The van der Waals surface area contributed by atoms with Crippen molar-refractivity contribution in [3.8, 4) is 0 Å². The third-order valence-corrected chi connectivity index (χ3v) is 2.93. The van der Waals surface area contributed by atoms with E-state index in [1.807, 2.05) is 12.1 Å². The molecule has 1 aromatic carbocycles. The van der Waals surface area contributed by atoms with Crippen molar-refractivity contribution in [2.45, 2.75) is 25.2 Å². The summed E-state index contributed by atoms with van der Waals surface area (Å²) in [7, 11) is 0. The molecule has 14 heavy (non-hydrogen) atoms. The maximum atomic E-state index is 10.9. The quantitative estimate of drug-likeness (QED) is 0.649. The fourth-order valence-corrected chi connectivity index (χ4v) is 2.14. The Hall–Kier alpha value is -1.37. The van der Waals surface area contributed by atoms with E-state index < -0.39 is 0 Å². The normalized spacial score (nSPS) is 19.9. The van der Waals surface area contributed by atoms with Crippen molar-refractivity contribution in [3.63, 3.8) is 0 Å². The highest BCUT2D eigenvalue weighted by molar-refractivity contribution is 5.65. The van der Waals surface area contributed by atoms with Gasteiger partial charge in [-0.2, -0.15) is 0 Å². The van der Waals surface area contributed by atoms with Gasteiger partial charge in [-0.15, -0.1) is 0 Å². The van der Waals surface area contributed by atoms with Crippen LogP contribution in [0.3, 0.4) is 0 Å². The van der Waals surface area contributed by atoms with E-state index >= 15 is 0 Å². The summed E-state index contributed by atoms with van der Waals surface area (Å²) in [6, 6.07) is 6.26. The van der Waals surface area contributed by atoms with Crippen molar-refractivity contribution in [2.24, 2.45) is 0 Å². The van der Waals surface area contributed by atoms with Crippen LogP contribution < -0.4 is 0 Å². The zero-order chi connectivity index (χ0) is 9.97. The van der Waals surface area contributed by atoms with Gasteiger partial charge in [-0.1, -0.05) is 30.9 Å². The molecule has 0 saturated heterocycles. The van der Waals surface area contributed by atoms with Crippen molar-refractivity contribution in [1.82, 2.24) is 0 Å². The minimum Gasteiger partial charge on any atom is -0.303 e. The number of fused-ring (bicyclic) bond motifs is 1. The molecular weight excluding hydrogens is 172 g/mol. The van der Waals surface area contributed by atoms with Gasteiger partial charge in [0.1, 0.15) is 6.29 Å². The highest BCUT2D eigenvalue weighted by Crippen LogP contribution is 2.30. The zero-order valence-corrected chi connectivity index (χ0v) is 8.20. The topological polar surface area (TPSA) is 17.1 Å². The number of aldehydes is 1. The van der Waals surface area contributed by atoms with Crippen molar-refractivity contribution in [1.29, 1.82) is 0 Å². The lowest BCUT2D eigenvalue weighted by Crippen LogP contribution is -2.10. The Balaban J connectivity index is 2.45. The predicted octanol–water partition coefficient (Wildman–Crippen LogP) is 2.95. The van der Waals surface area contributed by atoms with Crippen LogP contribution in [0.25, 0.3) is 6.08 Å². The second-order valence-electron chi connectivity index (χ2n) is 3.80. The van der Waals surface area contributed by atoms with Gasteiger partial charge >= 0.3 is 0 Å². The lowest BCUT2D eigenvalue weighted by molar-refractivity contribution is -0.109. The average Bonchev–Trinajstić information content (AvgIpc) is 2.27.